The molecule has 5 N–H and O–H groups in total. The Bertz CT molecular complexity index is 974. The molecule has 0 aromatic heterocycles. The van der Waals surface area contributed by atoms with E-state index in [9.17, 15) is 0 Å². The van der Waals surface area contributed by atoms with Gasteiger partial charge in [0.05, 0.1) is 7.11 Å². The van der Waals surface area contributed by atoms with Gasteiger partial charge in [-0.1, -0.05) is 56.3 Å². The summed E-state index contributed by atoms with van der Waals surface area (Å²) in [6.45, 7) is 4.36. The van der Waals surface area contributed by atoms with Crippen molar-refractivity contribution in [1.82, 2.24) is 5.32 Å². The van der Waals surface area contributed by atoms with Crippen LogP contribution in [0.4, 0.5) is 5.69 Å². The number of guanidine groups is 1. The molecule has 1 heterocycles. The minimum atomic E-state index is -0.272. The van der Waals surface area contributed by atoms with Crippen LogP contribution in [0.25, 0.3) is 5.70 Å². The van der Waals surface area contributed by atoms with Crippen LogP contribution in [0.1, 0.15) is 43.4 Å². The highest BCUT2D eigenvalue weighted by atomic mass is 35.5. The van der Waals surface area contributed by atoms with E-state index in [4.69, 9.17) is 34.2 Å². The normalized spacial score (nSPS) is 14.4. The number of aliphatic imine (C=N–C) groups is 1. The summed E-state index contributed by atoms with van der Waals surface area (Å²) in [6, 6.07) is 10.9. The standard InChI is InChI=1S/C20H19ClN4O.C4H10/c1-3-12-7-13(9-14(21)8-12)10-15(22)11-17-16-5-4-6-18(26-2)19(16)25-20(23)24-17;1-3-4-2/h1,4-9,11,15H,10,22H2,2H3,(H3,23,24,25);3-4H2,1-2H3/b17-11-;. The van der Waals surface area contributed by atoms with Gasteiger partial charge >= 0.3 is 0 Å². The zero-order valence-electron chi connectivity index (χ0n) is 17.7. The lowest BCUT2D eigenvalue weighted by atomic mass is 10.0. The van der Waals surface area contributed by atoms with Crippen molar-refractivity contribution in [3.63, 3.8) is 0 Å². The van der Waals surface area contributed by atoms with Gasteiger partial charge in [0, 0.05) is 27.9 Å². The molecule has 2 aromatic rings. The number of fused-ring (bicyclic) bond motifs is 1. The summed E-state index contributed by atoms with van der Waals surface area (Å²) in [4.78, 5) is 4.33. The molecule has 0 saturated carbocycles. The number of benzene rings is 2. The second kappa shape index (κ2) is 11.3. The molecule has 1 unspecified atom stereocenters. The summed E-state index contributed by atoms with van der Waals surface area (Å²) in [5.74, 6) is 3.54. The number of hydrogen-bond donors (Lipinski definition) is 3. The van der Waals surface area contributed by atoms with Gasteiger partial charge in [0.2, 0.25) is 0 Å². The van der Waals surface area contributed by atoms with Crippen molar-refractivity contribution in [2.24, 2.45) is 16.5 Å². The first-order valence-electron chi connectivity index (χ1n) is 9.93. The number of unbranched alkanes of at least 4 members (excludes halogenated alkanes) is 1. The quantitative estimate of drug-likeness (QED) is 0.612. The molecule has 0 aliphatic carbocycles. The fraction of sp³-hybridized carbons (Fsp3) is 0.292. The number of halogens is 1. The van der Waals surface area contributed by atoms with Crippen molar-refractivity contribution in [3.8, 4) is 18.1 Å². The van der Waals surface area contributed by atoms with Gasteiger partial charge in [0.25, 0.3) is 0 Å². The molecule has 1 aliphatic rings. The van der Waals surface area contributed by atoms with Crippen LogP contribution >= 0.6 is 11.6 Å². The number of methoxy groups -OCH3 is 1. The molecule has 0 radical (unpaired) electrons. The zero-order valence-corrected chi connectivity index (χ0v) is 18.5. The van der Waals surface area contributed by atoms with Gasteiger partial charge in [-0.2, -0.15) is 0 Å². The summed E-state index contributed by atoms with van der Waals surface area (Å²) < 4.78 is 5.37. The highest BCUT2D eigenvalue weighted by molar-refractivity contribution is 6.30. The Labute approximate surface area is 184 Å². The molecule has 1 atom stereocenters. The van der Waals surface area contributed by atoms with Crippen LogP contribution in [0.3, 0.4) is 0 Å². The zero-order chi connectivity index (χ0) is 22.1. The average Bonchev–Trinajstić information content (AvgIpc) is 2.72. The molecule has 5 nitrogen and oxygen atoms in total. The van der Waals surface area contributed by atoms with E-state index < -0.39 is 0 Å². The molecule has 0 spiro atoms. The maximum absolute atomic E-state index is 6.33. The summed E-state index contributed by atoms with van der Waals surface area (Å²) in [6.07, 6.45) is 10.6. The Kier molecular flexibility index (Phi) is 8.79. The molecular formula is C24H29ClN4O. The van der Waals surface area contributed by atoms with Crippen LogP contribution in [0.2, 0.25) is 5.02 Å². The fourth-order valence-electron chi connectivity index (χ4n) is 2.90. The van der Waals surface area contributed by atoms with Gasteiger partial charge in [-0.05, 0) is 42.3 Å². The number of nitrogens with one attached hydrogen (secondary N) is 1. The van der Waals surface area contributed by atoms with Crippen LogP contribution in [-0.2, 0) is 6.42 Å². The molecule has 3 rings (SSSR count). The fourth-order valence-corrected chi connectivity index (χ4v) is 3.16. The second-order valence-electron chi connectivity index (χ2n) is 6.92. The molecule has 30 heavy (non-hydrogen) atoms. The van der Waals surface area contributed by atoms with Gasteiger partial charge in [-0.3, -0.25) is 0 Å². The summed E-state index contributed by atoms with van der Waals surface area (Å²) in [5, 5.41) is 3.66. The van der Waals surface area contributed by atoms with E-state index >= 15 is 0 Å². The first-order valence-corrected chi connectivity index (χ1v) is 10.3. The largest absolute Gasteiger partial charge is 0.494 e. The molecule has 0 fully saturated rings. The minimum absolute atomic E-state index is 0.272. The van der Waals surface area contributed by atoms with Crippen LogP contribution < -0.4 is 21.5 Å². The van der Waals surface area contributed by atoms with Gasteiger partial charge in [0.15, 0.2) is 5.96 Å². The van der Waals surface area contributed by atoms with Crippen molar-refractivity contribution in [1.29, 1.82) is 0 Å². The lowest BCUT2D eigenvalue weighted by Crippen LogP contribution is -2.34. The molecule has 0 saturated heterocycles. The SMILES string of the molecule is C#Cc1cc(Cl)cc(CC(N)/C=C2\NC(N)=Nc3c(OC)cccc32)c1.CCCC. The molecule has 2 aromatic carbocycles. The third kappa shape index (κ3) is 6.28. The molecular weight excluding hydrogens is 396 g/mol. The Balaban J connectivity index is 0.000000735. The average molecular weight is 425 g/mol. The van der Waals surface area contributed by atoms with Gasteiger partial charge in [-0.25, -0.2) is 4.99 Å². The van der Waals surface area contributed by atoms with Crippen LogP contribution in [-0.4, -0.2) is 19.1 Å². The van der Waals surface area contributed by atoms with Gasteiger partial charge in [-0.15, -0.1) is 6.42 Å². The summed E-state index contributed by atoms with van der Waals surface area (Å²) >= 11 is 6.11. The third-order valence-electron chi connectivity index (χ3n) is 4.48. The molecule has 6 heteroatoms. The predicted molar refractivity (Wildman–Crippen MR) is 127 cm³/mol. The highest BCUT2D eigenvalue weighted by Crippen LogP contribution is 2.36. The Morgan fingerprint density at radius 3 is 2.63 bits per heavy atom. The number of ether oxygens (including phenoxy) is 1. The van der Waals surface area contributed by atoms with Crippen molar-refractivity contribution in [2.75, 3.05) is 7.11 Å². The maximum atomic E-state index is 6.33. The lowest BCUT2D eigenvalue weighted by Gasteiger charge is -2.21. The third-order valence-corrected chi connectivity index (χ3v) is 4.70. The Morgan fingerprint density at radius 2 is 2.00 bits per heavy atom. The van der Waals surface area contributed by atoms with Crippen LogP contribution in [0, 0.1) is 12.3 Å². The van der Waals surface area contributed by atoms with E-state index in [2.05, 4.69) is 30.1 Å². The van der Waals surface area contributed by atoms with E-state index in [0.29, 0.717) is 22.9 Å². The van der Waals surface area contributed by atoms with E-state index in [1.165, 1.54) is 12.8 Å². The first-order chi connectivity index (χ1) is 14.4. The van der Waals surface area contributed by atoms with Crippen LogP contribution in [0.5, 0.6) is 5.75 Å². The molecule has 1 aliphatic heterocycles. The van der Waals surface area contributed by atoms with Crippen molar-refractivity contribution < 1.29 is 4.74 Å². The number of rotatable bonds is 5. The number of terminal acetylenes is 1. The Hall–Kier alpha value is -2.94. The van der Waals surface area contributed by atoms with E-state index in [0.717, 1.165) is 22.4 Å². The predicted octanol–water partition coefficient (Wildman–Crippen LogP) is 4.60. The van der Waals surface area contributed by atoms with E-state index in [1.807, 2.05) is 36.4 Å². The highest BCUT2D eigenvalue weighted by Gasteiger charge is 2.19. The van der Waals surface area contributed by atoms with Gasteiger partial charge < -0.3 is 21.5 Å². The van der Waals surface area contributed by atoms with Gasteiger partial charge in [0.1, 0.15) is 11.4 Å². The Morgan fingerprint density at radius 1 is 1.27 bits per heavy atom. The monoisotopic (exact) mass is 424 g/mol. The molecule has 0 amide bonds. The lowest BCUT2D eigenvalue weighted by molar-refractivity contribution is 0.416. The number of para-hydroxylation sites is 1. The van der Waals surface area contributed by atoms with Crippen molar-refractivity contribution >= 4 is 28.9 Å². The smallest absolute Gasteiger partial charge is 0.198 e. The topological polar surface area (TPSA) is 85.7 Å². The number of hydrogen-bond acceptors (Lipinski definition) is 5. The van der Waals surface area contributed by atoms with Crippen LogP contribution in [0.15, 0.2) is 47.5 Å². The van der Waals surface area contributed by atoms with Crippen molar-refractivity contribution in [3.05, 3.63) is 64.2 Å². The van der Waals surface area contributed by atoms with E-state index in [-0.39, 0.29) is 12.0 Å². The van der Waals surface area contributed by atoms with E-state index in [1.54, 1.807) is 13.2 Å². The van der Waals surface area contributed by atoms with Crippen molar-refractivity contribution in [2.45, 2.75) is 39.2 Å². The number of nitrogens with two attached hydrogens (primary N) is 2. The molecule has 0 bridgehead atoms. The molecule has 158 valence electrons. The number of nitrogens with zero attached hydrogens (tertiary/aromatic N) is 1. The summed E-state index contributed by atoms with van der Waals surface area (Å²) in [5.41, 5.74) is 16.3. The first kappa shape index (κ1) is 23.3. The maximum Gasteiger partial charge on any atom is 0.198 e. The summed E-state index contributed by atoms with van der Waals surface area (Å²) in [7, 11) is 1.60. The second-order valence-corrected chi connectivity index (χ2v) is 7.36. The minimum Gasteiger partial charge on any atom is -0.494 e.